The van der Waals surface area contributed by atoms with Crippen molar-refractivity contribution in [1.29, 1.82) is 0 Å². The minimum Gasteiger partial charge on any atom is -0.493 e. The fourth-order valence-corrected chi connectivity index (χ4v) is 2.13. The fourth-order valence-electron chi connectivity index (χ4n) is 2.13. The van der Waals surface area contributed by atoms with E-state index in [-0.39, 0.29) is 5.56 Å². The Morgan fingerprint density at radius 2 is 2.00 bits per heavy atom. The number of carbonyl (C=O) groups is 1. The van der Waals surface area contributed by atoms with Gasteiger partial charge in [-0.15, -0.1) is 0 Å². The minimum atomic E-state index is -1.01. The van der Waals surface area contributed by atoms with E-state index in [1.165, 1.54) is 11.6 Å². The predicted molar refractivity (Wildman–Crippen MR) is 87.4 cm³/mol. The molecule has 0 unspecified atom stereocenters. The Labute approximate surface area is 135 Å². The zero-order valence-corrected chi connectivity index (χ0v) is 13.4. The molecule has 0 radical (unpaired) electrons. The van der Waals surface area contributed by atoms with Crippen molar-refractivity contribution in [1.82, 2.24) is 4.98 Å². The molecule has 1 aromatic carbocycles. The minimum absolute atomic E-state index is 0.135. The lowest BCUT2D eigenvalue weighted by Crippen LogP contribution is -2.06. The van der Waals surface area contributed by atoms with E-state index in [1.54, 1.807) is 12.1 Å². The molecule has 2 aromatic rings. The van der Waals surface area contributed by atoms with Crippen LogP contribution in [0.3, 0.4) is 0 Å². The number of hydrogen-bond acceptors (Lipinski definition) is 4. The van der Waals surface area contributed by atoms with Gasteiger partial charge in [0.05, 0.1) is 13.2 Å². The molecule has 1 N–H and O–H groups in total. The highest BCUT2D eigenvalue weighted by Crippen LogP contribution is 2.25. The van der Waals surface area contributed by atoms with Crippen LogP contribution in [-0.4, -0.2) is 29.3 Å². The van der Waals surface area contributed by atoms with Gasteiger partial charge in [0.25, 0.3) is 0 Å². The average Bonchev–Trinajstić information content (AvgIpc) is 2.56. The number of ether oxygens (including phenoxy) is 2. The molecule has 0 saturated carbocycles. The Bertz CT molecular complexity index is 653. The fraction of sp³-hybridized carbons (Fsp3) is 0.333. The number of carboxylic acid groups (broad SMARTS) is 1. The summed E-state index contributed by atoms with van der Waals surface area (Å²) < 4.78 is 11.0. The molecule has 0 aliphatic heterocycles. The largest absolute Gasteiger partial charge is 0.493 e. The molecule has 0 bridgehead atoms. The Morgan fingerprint density at radius 1 is 1.17 bits per heavy atom. The van der Waals surface area contributed by atoms with E-state index in [4.69, 9.17) is 14.6 Å². The Balaban J connectivity index is 1.96. The molecule has 0 amide bonds. The monoisotopic (exact) mass is 315 g/mol. The second-order valence-electron chi connectivity index (χ2n) is 5.01. The maximum Gasteiger partial charge on any atom is 0.339 e. The van der Waals surface area contributed by atoms with Gasteiger partial charge in [-0.3, -0.25) is 4.98 Å². The van der Waals surface area contributed by atoms with Gasteiger partial charge in [0.2, 0.25) is 0 Å². The first-order valence-corrected chi connectivity index (χ1v) is 7.70. The van der Waals surface area contributed by atoms with Gasteiger partial charge in [0.1, 0.15) is 17.1 Å². The van der Waals surface area contributed by atoms with Crippen molar-refractivity contribution in [3.05, 3.63) is 53.3 Å². The van der Waals surface area contributed by atoms with Crippen LogP contribution in [-0.2, 0) is 12.8 Å². The number of aryl methyl sites for hydroxylation is 1. The summed E-state index contributed by atoms with van der Waals surface area (Å²) in [5.41, 5.74) is 2.31. The van der Waals surface area contributed by atoms with Gasteiger partial charge in [0.15, 0.2) is 0 Å². The summed E-state index contributed by atoms with van der Waals surface area (Å²) in [4.78, 5) is 15.5. The first-order valence-electron chi connectivity index (χ1n) is 7.70. The highest BCUT2D eigenvalue weighted by atomic mass is 16.5. The van der Waals surface area contributed by atoms with E-state index in [0.29, 0.717) is 31.1 Å². The van der Waals surface area contributed by atoms with Crippen LogP contribution in [0.25, 0.3) is 0 Å². The van der Waals surface area contributed by atoms with Crippen molar-refractivity contribution in [2.45, 2.75) is 26.7 Å². The summed E-state index contributed by atoms with van der Waals surface area (Å²) in [5, 5.41) is 9.12. The van der Waals surface area contributed by atoms with Gasteiger partial charge in [-0.05, 0) is 37.1 Å². The number of aromatic nitrogens is 1. The summed E-state index contributed by atoms with van der Waals surface area (Å²) in [6.07, 6.45) is 3.54. The summed E-state index contributed by atoms with van der Waals surface area (Å²) in [6, 6.07) is 8.82. The lowest BCUT2D eigenvalue weighted by atomic mass is 10.2. The lowest BCUT2D eigenvalue weighted by molar-refractivity contribution is 0.0692. The van der Waals surface area contributed by atoms with Crippen molar-refractivity contribution in [2.24, 2.45) is 0 Å². The first-order chi connectivity index (χ1) is 11.1. The van der Waals surface area contributed by atoms with E-state index in [9.17, 15) is 4.79 Å². The molecule has 0 spiro atoms. The number of aromatic carboxylic acids is 1. The first kappa shape index (κ1) is 16.8. The van der Waals surface area contributed by atoms with Gasteiger partial charge < -0.3 is 14.6 Å². The third kappa shape index (κ3) is 4.71. The van der Waals surface area contributed by atoms with Crippen LogP contribution in [0.1, 0.15) is 35.5 Å². The molecule has 122 valence electrons. The molecule has 0 aliphatic carbocycles. The second-order valence-corrected chi connectivity index (χ2v) is 5.01. The molecular formula is C18H21NO4. The Hall–Kier alpha value is -2.56. The summed E-state index contributed by atoms with van der Waals surface area (Å²) >= 11 is 0. The normalized spacial score (nSPS) is 10.3. The van der Waals surface area contributed by atoms with Crippen LogP contribution in [0.5, 0.6) is 11.5 Å². The highest BCUT2D eigenvalue weighted by Gasteiger charge is 2.12. The summed E-state index contributed by atoms with van der Waals surface area (Å²) in [6.45, 7) is 4.77. The van der Waals surface area contributed by atoms with E-state index >= 15 is 0 Å². The molecule has 1 heterocycles. The molecule has 2 rings (SSSR count). The van der Waals surface area contributed by atoms with Crippen LogP contribution in [0.15, 0.2) is 36.5 Å². The topological polar surface area (TPSA) is 68.7 Å². The molecule has 0 aliphatic rings. The molecule has 23 heavy (non-hydrogen) atoms. The van der Waals surface area contributed by atoms with Crippen molar-refractivity contribution < 1.29 is 19.4 Å². The maximum absolute atomic E-state index is 11.1. The molecule has 1 aromatic heterocycles. The molecule has 5 heteroatoms. The zero-order chi connectivity index (χ0) is 16.7. The molecule has 5 nitrogen and oxygen atoms in total. The Kier molecular flexibility index (Phi) is 5.97. The molecular weight excluding hydrogens is 294 g/mol. The van der Waals surface area contributed by atoms with Crippen LogP contribution in [0, 0.1) is 0 Å². The standard InChI is InChI=1S/C18H21NO4/c1-3-13-5-6-14(19-12-13)9-10-23-15-7-8-16(18(20)21)17(11-15)22-4-2/h5-8,11-12H,3-4,9-10H2,1-2H3,(H,20,21). The maximum atomic E-state index is 11.1. The molecule has 0 fully saturated rings. The van der Waals surface area contributed by atoms with E-state index in [2.05, 4.69) is 18.0 Å². The van der Waals surface area contributed by atoms with Crippen LogP contribution in [0.2, 0.25) is 0 Å². The highest BCUT2D eigenvalue weighted by molar-refractivity contribution is 5.91. The number of carboxylic acids is 1. The van der Waals surface area contributed by atoms with E-state index in [1.807, 2.05) is 19.2 Å². The lowest BCUT2D eigenvalue weighted by Gasteiger charge is -2.11. The van der Waals surface area contributed by atoms with Gasteiger partial charge in [-0.1, -0.05) is 13.0 Å². The average molecular weight is 315 g/mol. The number of pyridine rings is 1. The number of benzene rings is 1. The van der Waals surface area contributed by atoms with E-state index in [0.717, 1.165) is 12.1 Å². The van der Waals surface area contributed by atoms with Crippen LogP contribution < -0.4 is 9.47 Å². The summed E-state index contributed by atoms with van der Waals surface area (Å²) in [5.74, 6) is -0.105. The second kappa shape index (κ2) is 8.17. The quantitative estimate of drug-likeness (QED) is 0.809. The van der Waals surface area contributed by atoms with Gasteiger partial charge in [-0.25, -0.2) is 4.79 Å². The van der Waals surface area contributed by atoms with Crippen molar-refractivity contribution in [3.63, 3.8) is 0 Å². The van der Waals surface area contributed by atoms with Crippen molar-refractivity contribution >= 4 is 5.97 Å². The van der Waals surface area contributed by atoms with Gasteiger partial charge in [0, 0.05) is 24.4 Å². The summed E-state index contributed by atoms with van der Waals surface area (Å²) in [7, 11) is 0. The van der Waals surface area contributed by atoms with Crippen LogP contribution >= 0.6 is 0 Å². The Morgan fingerprint density at radius 3 is 2.61 bits per heavy atom. The van der Waals surface area contributed by atoms with E-state index < -0.39 is 5.97 Å². The van der Waals surface area contributed by atoms with Crippen molar-refractivity contribution in [3.8, 4) is 11.5 Å². The van der Waals surface area contributed by atoms with Crippen LogP contribution in [0.4, 0.5) is 0 Å². The van der Waals surface area contributed by atoms with Gasteiger partial charge >= 0.3 is 5.97 Å². The third-order valence-corrected chi connectivity index (χ3v) is 3.40. The number of nitrogens with zero attached hydrogens (tertiary/aromatic N) is 1. The van der Waals surface area contributed by atoms with Crippen molar-refractivity contribution in [2.75, 3.05) is 13.2 Å². The molecule has 0 atom stereocenters. The zero-order valence-electron chi connectivity index (χ0n) is 13.4. The third-order valence-electron chi connectivity index (χ3n) is 3.40. The number of rotatable bonds is 8. The van der Waals surface area contributed by atoms with Gasteiger partial charge in [-0.2, -0.15) is 0 Å². The molecule has 0 saturated heterocycles. The number of hydrogen-bond donors (Lipinski definition) is 1. The predicted octanol–water partition coefficient (Wildman–Crippen LogP) is 3.36. The SMILES string of the molecule is CCOc1cc(OCCc2ccc(CC)cn2)ccc1C(=O)O. The smallest absolute Gasteiger partial charge is 0.339 e.